The molecular formula is C21H27NO3. The highest BCUT2D eigenvalue weighted by atomic mass is 16.5. The van der Waals surface area contributed by atoms with Gasteiger partial charge in [0.15, 0.2) is 6.61 Å². The van der Waals surface area contributed by atoms with Gasteiger partial charge in [0.2, 0.25) is 0 Å². The average molecular weight is 341 g/mol. The third-order valence-corrected chi connectivity index (χ3v) is 4.16. The maximum absolute atomic E-state index is 12.3. The van der Waals surface area contributed by atoms with Crippen LogP contribution in [0.4, 0.5) is 0 Å². The lowest BCUT2D eigenvalue weighted by atomic mass is 9.95. The molecule has 0 heterocycles. The van der Waals surface area contributed by atoms with Gasteiger partial charge in [-0.3, -0.25) is 4.79 Å². The molecule has 2 rings (SSSR count). The van der Waals surface area contributed by atoms with Crippen LogP contribution < -0.4 is 14.8 Å². The molecule has 0 saturated heterocycles. The van der Waals surface area contributed by atoms with Crippen molar-refractivity contribution in [1.29, 1.82) is 0 Å². The van der Waals surface area contributed by atoms with E-state index in [-0.39, 0.29) is 24.5 Å². The second-order valence-electron chi connectivity index (χ2n) is 6.35. The van der Waals surface area contributed by atoms with Crippen LogP contribution in [0.2, 0.25) is 0 Å². The fourth-order valence-electron chi connectivity index (χ4n) is 2.63. The van der Waals surface area contributed by atoms with Crippen LogP contribution in [0.15, 0.2) is 48.5 Å². The van der Waals surface area contributed by atoms with Gasteiger partial charge >= 0.3 is 0 Å². The summed E-state index contributed by atoms with van der Waals surface area (Å²) >= 11 is 0. The molecule has 0 aliphatic carbocycles. The number of carbonyl (C=O) groups excluding carboxylic acids is 1. The molecule has 0 aromatic heterocycles. The minimum Gasteiger partial charge on any atom is -0.497 e. The molecular weight excluding hydrogens is 314 g/mol. The predicted molar refractivity (Wildman–Crippen MR) is 100 cm³/mol. The lowest BCUT2D eigenvalue weighted by molar-refractivity contribution is -0.124. The topological polar surface area (TPSA) is 47.6 Å². The van der Waals surface area contributed by atoms with Crippen LogP contribution in [0.1, 0.15) is 37.9 Å². The summed E-state index contributed by atoms with van der Waals surface area (Å²) in [5.74, 6) is 1.56. The molecule has 4 nitrogen and oxygen atoms in total. The molecule has 2 aromatic carbocycles. The molecule has 0 unspecified atom stereocenters. The average Bonchev–Trinajstić information content (AvgIpc) is 2.64. The number of carbonyl (C=O) groups is 1. The lowest BCUT2D eigenvalue weighted by Gasteiger charge is -2.23. The van der Waals surface area contributed by atoms with Crippen molar-refractivity contribution in [1.82, 2.24) is 5.32 Å². The molecule has 0 bridgehead atoms. The second kappa shape index (κ2) is 9.11. The first-order valence-electron chi connectivity index (χ1n) is 8.68. The highest BCUT2D eigenvalue weighted by molar-refractivity contribution is 5.78. The van der Waals surface area contributed by atoms with E-state index in [4.69, 9.17) is 9.47 Å². The zero-order chi connectivity index (χ0) is 18.2. The molecule has 1 amide bonds. The third-order valence-electron chi connectivity index (χ3n) is 4.16. The minimum absolute atomic E-state index is 0.0113. The Morgan fingerprint density at radius 3 is 2.12 bits per heavy atom. The normalized spacial score (nSPS) is 11.9. The lowest BCUT2D eigenvalue weighted by Crippen LogP contribution is -2.35. The van der Waals surface area contributed by atoms with Crippen molar-refractivity contribution in [3.8, 4) is 11.5 Å². The maximum Gasteiger partial charge on any atom is 0.258 e. The summed E-state index contributed by atoms with van der Waals surface area (Å²) < 4.78 is 10.7. The highest BCUT2D eigenvalue weighted by Crippen LogP contribution is 2.22. The fraction of sp³-hybridized carbons (Fsp3) is 0.381. The van der Waals surface area contributed by atoms with Gasteiger partial charge < -0.3 is 14.8 Å². The number of benzene rings is 2. The van der Waals surface area contributed by atoms with E-state index in [0.29, 0.717) is 5.75 Å². The number of nitrogens with one attached hydrogen (secondary N) is 1. The Hall–Kier alpha value is -2.49. The quantitative estimate of drug-likeness (QED) is 0.784. The van der Waals surface area contributed by atoms with Crippen LogP contribution >= 0.6 is 0 Å². The van der Waals surface area contributed by atoms with E-state index in [1.54, 1.807) is 31.4 Å². The molecule has 0 saturated carbocycles. The van der Waals surface area contributed by atoms with E-state index >= 15 is 0 Å². The van der Waals surface area contributed by atoms with Crippen molar-refractivity contribution in [2.75, 3.05) is 13.7 Å². The zero-order valence-corrected chi connectivity index (χ0v) is 15.4. The molecule has 0 aliphatic rings. The number of hydrogen-bond acceptors (Lipinski definition) is 3. The summed E-state index contributed by atoms with van der Waals surface area (Å²) in [5, 5.41) is 3.07. The van der Waals surface area contributed by atoms with Crippen molar-refractivity contribution in [3.05, 3.63) is 59.7 Å². The first-order chi connectivity index (χ1) is 12.0. The van der Waals surface area contributed by atoms with E-state index in [0.717, 1.165) is 17.7 Å². The summed E-state index contributed by atoms with van der Waals surface area (Å²) in [6.07, 6.45) is 1.01. The Kier molecular flexibility index (Phi) is 6.87. The molecule has 1 N–H and O–H groups in total. The molecule has 2 aromatic rings. The Labute approximate surface area is 150 Å². The first kappa shape index (κ1) is 18.8. The highest BCUT2D eigenvalue weighted by Gasteiger charge is 2.18. The summed E-state index contributed by atoms with van der Waals surface area (Å²) in [4.78, 5) is 12.3. The molecule has 1 atom stereocenters. The van der Waals surface area contributed by atoms with Gasteiger partial charge in [-0.15, -0.1) is 0 Å². The van der Waals surface area contributed by atoms with Gasteiger partial charge in [-0.1, -0.05) is 45.0 Å². The number of rotatable bonds is 8. The predicted octanol–water partition coefficient (Wildman–Crippen LogP) is 4.15. The SMILES string of the molecule is CCc1ccc([C@H](NC(=O)COc2ccc(OC)cc2)C(C)C)cc1. The van der Waals surface area contributed by atoms with Gasteiger partial charge in [0.05, 0.1) is 13.2 Å². The first-order valence-corrected chi connectivity index (χ1v) is 8.68. The van der Waals surface area contributed by atoms with Gasteiger partial charge in [-0.2, -0.15) is 0 Å². The van der Waals surface area contributed by atoms with E-state index in [1.165, 1.54) is 5.56 Å². The minimum atomic E-state index is -0.130. The largest absolute Gasteiger partial charge is 0.497 e. The monoisotopic (exact) mass is 341 g/mol. The number of amides is 1. The Morgan fingerprint density at radius 1 is 1.00 bits per heavy atom. The van der Waals surface area contributed by atoms with Crippen molar-refractivity contribution in [2.45, 2.75) is 33.2 Å². The van der Waals surface area contributed by atoms with E-state index in [2.05, 4.69) is 50.4 Å². The van der Waals surface area contributed by atoms with Crippen LogP contribution in [-0.2, 0) is 11.2 Å². The van der Waals surface area contributed by atoms with Crippen LogP contribution in [0.3, 0.4) is 0 Å². The van der Waals surface area contributed by atoms with Gasteiger partial charge in [0.1, 0.15) is 11.5 Å². The summed E-state index contributed by atoms with van der Waals surface area (Å²) in [7, 11) is 1.61. The molecule has 0 aliphatic heterocycles. The van der Waals surface area contributed by atoms with E-state index in [9.17, 15) is 4.79 Å². The van der Waals surface area contributed by atoms with Gasteiger partial charge in [-0.25, -0.2) is 0 Å². The van der Waals surface area contributed by atoms with Crippen LogP contribution in [0, 0.1) is 5.92 Å². The van der Waals surface area contributed by atoms with Gasteiger partial charge in [-0.05, 0) is 47.7 Å². The summed E-state index contributed by atoms with van der Waals surface area (Å²) in [6.45, 7) is 6.32. The number of hydrogen-bond donors (Lipinski definition) is 1. The molecule has 0 spiro atoms. The second-order valence-corrected chi connectivity index (χ2v) is 6.35. The Bertz CT molecular complexity index is 663. The van der Waals surface area contributed by atoms with E-state index < -0.39 is 0 Å². The third kappa shape index (κ3) is 5.52. The van der Waals surface area contributed by atoms with Crippen molar-refractivity contribution < 1.29 is 14.3 Å². The van der Waals surface area contributed by atoms with Crippen molar-refractivity contribution in [3.63, 3.8) is 0 Å². The summed E-state index contributed by atoms with van der Waals surface area (Å²) in [5.41, 5.74) is 2.41. The smallest absolute Gasteiger partial charge is 0.258 e. The Balaban J connectivity index is 1.94. The Morgan fingerprint density at radius 2 is 1.60 bits per heavy atom. The van der Waals surface area contributed by atoms with Crippen LogP contribution in [-0.4, -0.2) is 19.6 Å². The number of methoxy groups -OCH3 is 1. The zero-order valence-electron chi connectivity index (χ0n) is 15.4. The van der Waals surface area contributed by atoms with Crippen molar-refractivity contribution >= 4 is 5.91 Å². The van der Waals surface area contributed by atoms with Gasteiger partial charge in [0.25, 0.3) is 5.91 Å². The molecule has 0 radical (unpaired) electrons. The molecule has 4 heteroatoms. The molecule has 0 fully saturated rings. The standard InChI is InChI=1S/C21H27NO3/c1-5-16-6-8-17(9-7-16)21(15(2)3)22-20(23)14-25-19-12-10-18(24-4)11-13-19/h6-13,15,21H,5,14H2,1-4H3,(H,22,23)/t21-/m1/s1. The summed E-state index contributed by atoms with van der Waals surface area (Å²) in [6, 6.07) is 15.6. The number of aryl methyl sites for hydroxylation is 1. The van der Waals surface area contributed by atoms with Crippen LogP contribution in [0.25, 0.3) is 0 Å². The van der Waals surface area contributed by atoms with Crippen LogP contribution in [0.5, 0.6) is 11.5 Å². The fourth-order valence-corrected chi connectivity index (χ4v) is 2.63. The number of ether oxygens (including phenoxy) is 2. The van der Waals surface area contributed by atoms with Crippen molar-refractivity contribution in [2.24, 2.45) is 5.92 Å². The van der Waals surface area contributed by atoms with E-state index in [1.807, 2.05) is 0 Å². The van der Waals surface area contributed by atoms with Gasteiger partial charge in [0, 0.05) is 0 Å². The molecule has 134 valence electrons. The maximum atomic E-state index is 12.3. The molecule has 25 heavy (non-hydrogen) atoms.